The zero-order valence-electron chi connectivity index (χ0n) is 8.67. The second-order valence-electron chi connectivity index (χ2n) is 2.74. The van der Waals surface area contributed by atoms with E-state index in [4.69, 9.17) is 4.74 Å². The highest BCUT2D eigenvalue weighted by molar-refractivity contribution is 5.94. The molecule has 5 nitrogen and oxygen atoms in total. The van der Waals surface area contributed by atoms with Crippen molar-refractivity contribution >= 4 is 11.9 Å². The van der Waals surface area contributed by atoms with E-state index in [-0.39, 0.29) is 0 Å². The summed E-state index contributed by atoms with van der Waals surface area (Å²) < 4.78 is 4.90. The van der Waals surface area contributed by atoms with E-state index in [1.54, 1.807) is 30.3 Å². The van der Waals surface area contributed by atoms with Gasteiger partial charge in [0.25, 0.3) is 5.91 Å². The maximum atomic E-state index is 11.2. The molecule has 0 saturated heterocycles. The average molecular weight is 221 g/mol. The van der Waals surface area contributed by atoms with Crippen LogP contribution in [0.25, 0.3) is 0 Å². The lowest BCUT2D eigenvalue weighted by Gasteiger charge is -1.99. The highest BCUT2D eigenvalue weighted by Gasteiger charge is 2.00. The molecule has 0 unspecified atom stereocenters. The topological polar surface area (TPSA) is 64.6 Å². The third-order valence-corrected chi connectivity index (χ3v) is 1.54. The van der Waals surface area contributed by atoms with Crippen LogP contribution in [-0.2, 0) is 14.4 Å². The van der Waals surface area contributed by atoms with Gasteiger partial charge in [-0.3, -0.25) is 9.63 Å². The van der Waals surface area contributed by atoms with Gasteiger partial charge >= 0.3 is 5.97 Å². The van der Waals surface area contributed by atoms with Crippen molar-refractivity contribution in [2.45, 2.75) is 0 Å². The molecule has 1 aromatic rings. The quantitative estimate of drug-likeness (QED) is 0.354. The molecule has 5 heteroatoms. The monoisotopic (exact) mass is 221 g/mol. The molecule has 0 radical (unpaired) electrons. The van der Waals surface area contributed by atoms with E-state index in [0.29, 0.717) is 5.75 Å². The Morgan fingerprint density at radius 3 is 2.50 bits per heavy atom. The minimum absolute atomic E-state index is 0.421. The molecule has 0 spiro atoms. The van der Waals surface area contributed by atoms with Gasteiger partial charge in [0.2, 0.25) is 0 Å². The molecule has 0 aliphatic rings. The number of hydroxylamine groups is 1. The second kappa shape index (κ2) is 6.36. The predicted molar refractivity (Wildman–Crippen MR) is 56.4 cm³/mol. The van der Waals surface area contributed by atoms with E-state index >= 15 is 0 Å². The highest BCUT2D eigenvalue weighted by atomic mass is 16.6. The Morgan fingerprint density at radius 2 is 1.88 bits per heavy atom. The van der Waals surface area contributed by atoms with Gasteiger partial charge in [-0.05, 0) is 12.1 Å². The number of hydrogen-bond acceptors (Lipinski definition) is 4. The molecule has 0 saturated carbocycles. The third-order valence-electron chi connectivity index (χ3n) is 1.54. The molecule has 84 valence electrons. The first-order valence-electron chi connectivity index (χ1n) is 4.50. The summed E-state index contributed by atoms with van der Waals surface area (Å²) in [6.45, 7) is 0. The molecule has 1 amide bonds. The van der Waals surface area contributed by atoms with Gasteiger partial charge in [0, 0.05) is 12.2 Å². The summed E-state index contributed by atoms with van der Waals surface area (Å²) in [7, 11) is 1.30. The van der Waals surface area contributed by atoms with Crippen molar-refractivity contribution in [1.82, 2.24) is 5.48 Å². The number of amides is 1. The zero-order valence-corrected chi connectivity index (χ0v) is 8.67. The van der Waals surface area contributed by atoms with Crippen molar-refractivity contribution in [2.24, 2.45) is 0 Å². The maximum absolute atomic E-state index is 11.2. The molecule has 0 atom stereocenters. The smallest absolute Gasteiger partial charge is 0.336 e. The number of ether oxygens (including phenoxy) is 1. The van der Waals surface area contributed by atoms with Crippen LogP contribution in [0.15, 0.2) is 42.5 Å². The Kier molecular flexibility index (Phi) is 4.75. The van der Waals surface area contributed by atoms with Gasteiger partial charge in [0.15, 0.2) is 0 Å². The molecular formula is C11H11NO4. The van der Waals surface area contributed by atoms with Crippen molar-refractivity contribution in [3.05, 3.63) is 42.5 Å². The second-order valence-corrected chi connectivity index (χ2v) is 2.74. The zero-order chi connectivity index (χ0) is 11.8. The molecule has 16 heavy (non-hydrogen) atoms. The summed E-state index contributed by atoms with van der Waals surface area (Å²) in [5.74, 6) is -0.741. The van der Waals surface area contributed by atoms with Crippen LogP contribution in [0.5, 0.6) is 5.75 Å². The molecule has 0 aliphatic carbocycles. The number of nitrogens with one attached hydrogen (secondary N) is 1. The van der Waals surface area contributed by atoms with E-state index in [1.807, 2.05) is 5.48 Å². The molecule has 0 aromatic heterocycles. The molecule has 0 heterocycles. The summed E-state index contributed by atoms with van der Waals surface area (Å²) in [5.41, 5.74) is 2.03. The first-order chi connectivity index (χ1) is 7.72. The lowest BCUT2D eigenvalue weighted by molar-refractivity contribution is -0.130. The molecular weight excluding hydrogens is 210 g/mol. The Hall–Kier alpha value is -2.14. The van der Waals surface area contributed by atoms with Gasteiger partial charge in [0.1, 0.15) is 5.75 Å². The molecule has 1 N–H and O–H groups in total. The van der Waals surface area contributed by atoms with Crippen LogP contribution < -0.4 is 10.2 Å². The molecule has 1 aromatic carbocycles. The van der Waals surface area contributed by atoms with Gasteiger partial charge in [-0.15, -0.1) is 0 Å². The Labute approximate surface area is 92.6 Å². The van der Waals surface area contributed by atoms with Crippen LogP contribution in [-0.4, -0.2) is 19.0 Å². The van der Waals surface area contributed by atoms with E-state index in [0.717, 1.165) is 12.2 Å². The summed E-state index contributed by atoms with van der Waals surface area (Å²) in [6.07, 6.45) is 2.04. The Balaban J connectivity index is 2.45. The van der Waals surface area contributed by atoms with Crippen LogP contribution in [0.3, 0.4) is 0 Å². The number of esters is 1. The molecule has 0 aliphatic heterocycles. The fourth-order valence-corrected chi connectivity index (χ4v) is 0.917. The third kappa shape index (κ3) is 4.39. The van der Waals surface area contributed by atoms with Crippen molar-refractivity contribution < 1.29 is 19.2 Å². The Morgan fingerprint density at radius 1 is 1.19 bits per heavy atom. The fourth-order valence-electron chi connectivity index (χ4n) is 0.917. The largest absolute Gasteiger partial charge is 0.423 e. The number of carbonyl (C=O) groups excluding carboxylic acids is 2. The van der Waals surface area contributed by atoms with Gasteiger partial charge in [0.05, 0.1) is 7.11 Å². The van der Waals surface area contributed by atoms with Crippen molar-refractivity contribution in [3.8, 4) is 5.75 Å². The number of hydrogen-bond donors (Lipinski definition) is 1. The predicted octanol–water partition coefficient (Wildman–Crippen LogP) is 0.826. The van der Waals surface area contributed by atoms with Crippen molar-refractivity contribution in [3.63, 3.8) is 0 Å². The minimum Gasteiger partial charge on any atom is -0.423 e. The molecule has 1 rings (SSSR count). The first kappa shape index (κ1) is 11.9. The van der Waals surface area contributed by atoms with Crippen LogP contribution in [0.4, 0.5) is 0 Å². The highest BCUT2D eigenvalue weighted by Crippen LogP contribution is 2.08. The summed E-state index contributed by atoms with van der Waals surface area (Å²) >= 11 is 0. The average Bonchev–Trinajstić information content (AvgIpc) is 2.28. The maximum Gasteiger partial charge on any atom is 0.336 e. The van der Waals surface area contributed by atoms with Gasteiger partial charge in [-0.1, -0.05) is 18.2 Å². The molecule has 0 fully saturated rings. The number of benzene rings is 1. The SMILES string of the molecule is CONC(=O)/C=C\C(=O)Oc1ccccc1. The van der Waals surface area contributed by atoms with E-state index in [2.05, 4.69) is 4.84 Å². The van der Waals surface area contributed by atoms with Crippen LogP contribution in [0.2, 0.25) is 0 Å². The Bertz CT molecular complexity index is 386. The van der Waals surface area contributed by atoms with E-state index < -0.39 is 11.9 Å². The number of carbonyl (C=O) groups is 2. The van der Waals surface area contributed by atoms with Gasteiger partial charge in [-0.25, -0.2) is 10.3 Å². The van der Waals surface area contributed by atoms with Crippen LogP contribution >= 0.6 is 0 Å². The minimum atomic E-state index is -0.627. The van der Waals surface area contributed by atoms with Gasteiger partial charge in [-0.2, -0.15) is 0 Å². The lowest BCUT2D eigenvalue weighted by Crippen LogP contribution is -2.19. The summed E-state index contributed by atoms with van der Waals surface area (Å²) in [4.78, 5) is 26.4. The van der Waals surface area contributed by atoms with Crippen LogP contribution in [0.1, 0.15) is 0 Å². The van der Waals surface area contributed by atoms with Crippen molar-refractivity contribution in [1.29, 1.82) is 0 Å². The summed E-state index contributed by atoms with van der Waals surface area (Å²) in [5, 5.41) is 0. The number of para-hydroxylation sites is 1. The van der Waals surface area contributed by atoms with Crippen LogP contribution in [0, 0.1) is 0 Å². The fraction of sp³-hybridized carbons (Fsp3) is 0.0909. The summed E-state index contributed by atoms with van der Waals surface area (Å²) in [6, 6.07) is 8.56. The number of rotatable bonds is 4. The van der Waals surface area contributed by atoms with E-state index in [9.17, 15) is 9.59 Å². The lowest BCUT2D eigenvalue weighted by atomic mass is 10.3. The van der Waals surface area contributed by atoms with Crippen molar-refractivity contribution in [2.75, 3.05) is 7.11 Å². The van der Waals surface area contributed by atoms with E-state index in [1.165, 1.54) is 7.11 Å². The standard InChI is InChI=1S/C11H11NO4/c1-15-12-10(13)7-8-11(14)16-9-5-3-2-4-6-9/h2-8H,1H3,(H,12,13)/b8-7-. The van der Waals surface area contributed by atoms with Gasteiger partial charge < -0.3 is 4.74 Å². The normalized spacial score (nSPS) is 10.1. The first-order valence-corrected chi connectivity index (χ1v) is 4.50. The molecule has 0 bridgehead atoms.